The van der Waals surface area contributed by atoms with E-state index in [1.165, 1.54) is 0 Å². The molecule has 3 aromatic rings. The summed E-state index contributed by atoms with van der Waals surface area (Å²) in [6.45, 7) is 11.6. The van der Waals surface area contributed by atoms with Gasteiger partial charge in [-0.1, -0.05) is 15.9 Å². The molecule has 0 unspecified atom stereocenters. The maximum absolute atomic E-state index is 13.9. The third-order valence-corrected chi connectivity index (χ3v) is 8.61. The van der Waals surface area contributed by atoms with E-state index in [4.69, 9.17) is 9.47 Å². The highest BCUT2D eigenvalue weighted by Crippen LogP contribution is 2.37. The molecule has 10 heteroatoms. The molecule has 1 saturated heterocycles. The lowest BCUT2D eigenvalue weighted by Crippen LogP contribution is -2.50. The highest BCUT2D eigenvalue weighted by atomic mass is 79.9. The van der Waals surface area contributed by atoms with Gasteiger partial charge in [-0.25, -0.2) is 13.2 Å². The maximum atomic E-state index is 13.9. The van der Waals surface area contributed by atoms with Gasteiger partial charge in [-0.2, -0.15) is 0 Å². The number of hydrogen-bond acceptors (Lipinski definition) is 6. The molecule has 37 heavy (non-hydrogen) atoms. The van der Waals surface area contributed by atoms with Crippen LogP contribution >= 0.6 is 15.9 Å². The first kappa shape index (κ1) is 27.3. The van der Waals surface area contributed by atoms with Crippen LogP contribution in [0.2, 0.25) is 0 Å². The van der Waals surface area contributed by atoms with Crippen molar-refractivity contribution in [1.82, 2.24) is 9.47 Å². The quantitative estimate of drug-likeness (QED) is 0.368. The van der Waals surface area contributed by atoms with E-state index in [0.717, 1.165) is 9.99 Å². The number of benzene rings is 2. The Balaban J connectivity index is 1.67. The number of methoxy groups -OCH3 is 1. The van der Waals surface area contributed by atoms with E-state index >= 15 is 0 Å². The number of nitrogens with zero attached hydrogens (tertiary/aromatic N) is 3. The molecule has 0 spiro atoms. The van der Waals surface area contributed by atoms with Gasteiger partial charge >= 0.3 is 6.09 Å². The van der Waals surface area contributed by atoms with Gasteiger partial charge in [-0.15, -0.1) is 0 Å². The van der Waals surface area contributed by atoms with E-state index in [1.54, 1.807) is 36.4 Å². The number of aromatic nitrogens is 1. The summed E-state index contributed by atoms with van der Waals surface area (Å²) in [7, 11) is -2.27. The monoisotopic (exact) mass is 591 g/mol. The highest BCUT2D eigenvalue weighted by molar-refractivity contribution is 9.10. The molecule has 1 fully saturated rings. The van der Waals surface area contributed by atoms with Crippen LogP contribution in [-0.4, -0.2) is 62.9 Å². The number of sulfone groups is 1. The number of hydrogen-bond donors (Lipinski definition) is 0. The first-order chi connectivity index (χ1) is 17.3. The van der Waals surface area contributed by atoms with E-state index in [1.807, 2.05) is 62.3 Å². The van der Waals surface area contributed by atoms with E-state index in [0.29, 0.717) is 43.0 Å². The van der Waals surface area contributed by atoms with Crippen LogP contribution in [0.3, 0.4) is 0 Å². The van der Waals surface area contributed by atoms with Crippen LogP contribution < -0.4 is 9.64 Å². The molecule has 8 nitrogen and oxygen atoms in total. The fraction of sp³-hybridized carbons (Fsp3) is 0.444. The third-order valence-electron chi connectivity index (χ3n) is 6.34. The number of halogens is 1. The molecule has 0 radical (unpaired) electrons. The molecule has 1 amide bonds. The number of anilines is 1. The number of ether oxygens (including phenoxy) is 2. The van der Waals surface area contributed by atoms with Crippen LogP contribution in [0.15, 0.2) is 56.9 Å². The van der Waals surface area contributed by atoms with E-state index in [9.17, 15) is 13.2 Å². The first-order valence-electron chi connectivity index (χ1n) is 12.3. The zero-order valence-corrected chi connectivity index (χ0v) is 24.5. The normalized spacial score (nSPS) is 14.9. The summed E-state index contributed by atoms with van der Waals surface area (Å²) >= 11 is 3.49. The Kier molecular flexibility index (Phi) is 7.54. The van der Waals surface area contributed by atoms with Gasteiger partial charge in [0.25, 0.3) is 0 Å². The van der Waals surface area contributed by atoms with Gasteiger partial charge in [0.05, 0.1) is 22.6 Å². The SMILES string of the molecule is COc1ccc(S(=O)(=O)c2cn(C(C)C)c3ccc(Br)cc23)cc1N1CCN(C(=O)OC(C)(C)C)CC1. The second kappa shape index (κ2) is 10.2. The van der Waals surface area contributed by atoms with Gasteiger partial charge in [0.2, 0.25) is 9.84 Å². The Labute approximate surface area is 227 Å². The lowest BCUT2D eigenvalue weighted by Gasteiger charge is -2.37. The Morgan fingerprint density at radius 2 is 1.70 bits per heavy atom. The molecule has 0 aliphatic carbocycles. The van der Waals surface area contributed by atoms with Crippen LogP contribution in [0.25, 0.3) is 10.9 Å². The van der Waals surface area contributed by atoms with Crippen molar-refractivity contribution in [2.75, 3.05) is 38.2 Å². The van der Waals surface area contributed by atoms with Gasteiger partial charge in [-0.05, 0) is 71.0 Å². The standard InChI is InChI=1S/C27H34BrN3O5S/c1-18(2)31-17-25(21-15-19(28)7-9-22(21)31)37(33,34)20-8-10-24(35-6)23(16-20)29-11-13-30(14-12-29)26(32)36-27(3,4)5/h7-10,15-18H,11-14H2,1-6H3. The van der Waals surface area contributed by atoms with Crippen molar-refractivity contribution in [3.8, 4) is 5.75 Å². The summed E-state index contributed by atoms with van der Waals surface area (Å²) in [6, 6.07) is 10.8. The third kappa shape index (κ3) is 5.60. The lowest BCUT2D eigenvalue weighted by atomic mass is 10.2. The second-order valence-corrected chi connectivity index (χ2v) is 13.3. The number of amides is 1. The molecule has 1 aliphatic heterocycles. The van der Waals surface area contributed by atoms with Crippen LogP contribution in [-0.2, 0) is 14.6 Å². The predicted molar refractivity (Wildman–Crippen MR) is 148 cm³/mol. The van der Waals surface area contributed by atoms with Crippen molar-refractivity contribution in [3.05, 3.63) is 47.1 Å². The summed E-state index contributed by atoms with van der Waals surface area (Å²) in [4.78, 5) is 16.7. The van der Waals surface area contributed by atoms with Crippen LogP contribution in [0.4, 0.5) is 10.5 Å². The molecule has 0 saturated carbocycles. The number of fused-ring (bicyclic) bond motifs is 1. The fourth-order valence-electron chi connectivity index (χ4n) is 4.51. The molecule has 4 rings (SSSR count). The molecular weight excluding hydrogens is 558 g/mol. The summed E-state index contributed by atoms with van der Waals surface area (Å²) < 4.78 is 41.8. The van der Waals surface area contributed by atoms with Gasteiger partial charge in [0.15, 0.2) is 0 Å². The number of carbonyl (C=O) groups excluding carboxylic acids is 1. The topological polar surface area (TPSA) is 81.1 Å². The van der Waals surface area contributed by atoms with Crippen molar-refractivity contribution < 1.29 is 22.7 Å². The fourth-order valence-corrected chi connectivity index (χ4v) is 6.34. The number of rotatable bonds is 5. The van der Waals surface area contributed by atoms with E-state index in [-0.39, 0.29) is 21.9 Å². The largest absolute Gasteiger partial charge is 0.495 e. The molecule has 0 N–H and O–H groups in total. The van der Waals surface area contributed by atoms with Crippen molar-refractivity contribution in [2.45, 2.75) is 56.1 Å². The minimum absolute atomic E-state index is 0.0975. The van der Waals surface area contributed by atoms with Crippen molar-refractivity contribution in [3.63, 3.8) is 0 Å². The zero-order valence-electron chi connectivity index (χ0n) is 22.1. The molecule has 2 aromatic carbocycles. The summed E-state index contributed by atoms with van der Waals surface area (Å²) in [5, 5.41) is 0.673. The van der Waals surface area contributed by atoms with Crippen molar-refractivity contribution in [2.24, 2.45) is 0 Å². The number of piperazine rings is 1. The van der Waals surface area contributed by atoms with E-state index < -0.39 is 15.4 Å². The lowest BCUT2D eigenvalue weighted by molar-refractivity contribution is 0.0240. The maximum Gasteiger partial charge on any atom is 0.410 e. The van der Waals surface area contributed by atoms with Gasteiger partial charge in [0, 0.05) is 53.8 Å². The Hall–Kier alpha value is -2.72. The van der Waals surface area contributed by atoms with E-state index in [2.05, 4.69) is 15.9 Å². The molecule has 0 atom stereocenters. The average Bonchev–Trinajstić information content (AvgIpc) is 3.22. The van der Waals surface area contributed by atoms with Gasteiger partial charge in [-0.3, -0.25) is 0 Å². The Morgan fingerprint density at radius 3 is 2.30 bits per heavy atom. The predicted octanol–water partition coefficient (Wildman–Crippen LogP) is 5.88. The first-order valence-corrected chi connectivity index (χ1v) is 14.6. The summed E-state index contributed by atoms with van der Waals surface area (Å²) in [5.74, 6) is 0.581. The number of carbonyl (C=O) groups is 1. The highest BCUT2D eigenvalue weighted by Gasteiger charge is 2.29. The molecule has 200 valence electrons. The van der Waals surface area contributed by atoms with Crippen LogP contribution in [0.1, 0.15) is 40.7 Å². The van der Waals surface area contributed by atoms with Gasteiger partial charge < -0.3 is 23.8 Å². The molecular formula is C27H34BrN3O5S. The minimum Gasteiger partial charge on any atom is -0.495 e. The second-order valence-electron chi connectivity index (χ2n) is 10.4. The smallest absolute Gasteiger partial charge is 0.410 e. The summed E-state index contributed by atoms with van der Waals surface area (Å²) in [6.07, 6.45) is 1.38. The molecule has 0 bridgehead atoms. The zero-order chi connectivity index (χ0) is 27.1. The molecule has 1 aromatic heterocycles. The van der Waals surface area contributed by atoms with Crippen molar-refractivity contribution >= 4 is 48.5 Å². The molecule has 1 aliphatic rings. The Bertz CT molecular complexity index is 1420. The van der Waals surface area contributed by atoms with Gasteiger partial charge in [0.1, 0.15) is 11.4 Å². The minimum atomic E-state index is -3.83. The average molecular weight is 593 g/mol. The summed E-state index contributed by atoms with van der Waals surface area (Å²) in [5.41, 5.74) is 0.985. The van der Waals surface area contributed by atoms with Crippen molar-refractivity contribution in [1.29, 1.82) is 0 Å². The van der Waals surface area contributed by atoms with Crippen LogP contribution in [0.5, 0.6) is 5.75 Å². The molecule has 2 heterocycles. The Morgan fingerprint density at radius 1 is 1.03 bits per heavy atom. The van der Waals surface area contributed by atoms with Crippen LogP contribution in [0, 0.1) is 0 Å².